The Morgan fingerprint density at radius 3 is 2.00 bits per heavy atom. The second-order valence-electron chi connectivity index (χ2n) is 6.25. The highest BCUT2D eigenvalue weighted by molar-refractivity contribution is 7.89. The number of aryl methyl sites for hydroxylation is 3. The Hall–Kier alpha value is -1.44. The fourth-order valence-corrected chi connectivity index (χ4v) is 5.05. The van der Waals surface area contributed by atoms with Crippen molar-refractivity contribution in [1.82, 2.24) is 9.21 Å². The van der Waals surface area contributed by atoms with Crippen LogP contribution in [-0.2, 0) is 14.8 Å². The molecule has 0 aliphatic carbocycles. The average Bonchev–Trinajstić information content (AvgIpc) is 2.45. The number of hydrogen-bond donors (Lipinski definition) is 1. The number of nitrogens with two attached hydrogens (primary N) is 1. The van der Waals surface area contributed by atoms with Crippen molar-refractivity contribution in [1.29, 1.82) is 0 Å². The summed E-state index contributed by atoms with van der Waals surface area (Å²) in [5.74, 6) is -0.383. The molecule has 1 aromatic rings. The van der Waals surface area contributed by atoms with Crippen molar-refractivity contribution >= 4 is 15.9 Å². The number of amides is 1. The minimum absolute atomic E-state index is 0.368. The Labute approximate surface area is 138 Å². The van der Waals surface area contributed by atoms with Gasteiger partial charge in [0.05, 0.1) is 10.9 Å². The summed E-state index contributed by atoms with van der Waals surface area (Å²) in [5, 5.41) is 0. The fourth-order valence-electron chi connectivity index (χ4n) is 3.21. The van der Waals surface area contributed by atoms with Crippen LogP contribution in [0.4, 0.5) is 0 Å². The molecule has 1 heterocycles. The van der Waals surface area contributed by atoms with Gasteiger partial charge in [0.25, 0.3) is 0 Å². The lowest BCUT2D eigenvalue weighted by Crippen LogP contribution is -2.54. The van der Waals surface area contributed by atoms with Gasteiger partial charge < -0.3 is 5.73 Å². The Bertz CT molecular complexity index is 684. The number of primary amides is 1. The second kappa shape index (κ2) is 6.59. The number of hydrogen-bond acceptors (Lipinski definition) is 4. The van der Waals surface area contributed by atoms with Crippen LogP contribution in [0.25, 0.3) is 0 Å². The lowest BCUT2D eigenvalue weighted by atomic mass is 10.1. The highest BCUT2D eigenvalue weighted by Gasteiger charge is 2.32. The third-order valence-electron chi connectivity index (χ3n) is 4.44. The third kappa shape index (κ3) is 3.57. The number of piperazine rings is 1. The third-order valence-corrected chi connectivity index (χ3v) is 6.64. The summed E-state index contributed by atoms with van der Waals surface area (Å²) in [6, 6.07) is 3.42. The maximum Gasteiger partial charge on any atom is 0.243 e. The van der Waals surface area contributed by atoms with Crippen molar-refractivity contribution in [3.8, 4) is 0 Å². The number of nitrogens with zero attached hydrogens (tertiary/aromatic N) is 2. The van der Waals surface area contributed by atoms with Crippen LogP contribution in [0.1, 0.15) is 23.6 Å². The largest absolute Gasteiger partial charge is 0.368 e. The number of benzene rings is 1. The van der Waals surface area contributed by atoms with Crippen molar-refractivity contribution in [3.63, 3.8) is 0 Å². The van der Waals surface area contributed by atoms with Crippen molar-refractivity contribution in [3.05, 3.63) is 28.8 Å². The maximum atomic E-state index is 13.0. The summed E-state index contributed by atoms with van der Waals surface area (Å²) in [6.07, 6.45) is 0. The van der Waals surface area contributed by atoms with Gasteiger partial charge in [0, 0.05) is 26.2 Å². The van der Waals surface area contributed by atoms with E-state index in [1.807, 2.05) is 37.8 Å². The minimum Gasteiger partial charge on any atom is -0.368 e. The molecular weight excluding hydrogens is 314 g/mol. The SMILES string of the molecule is Cc1cc(C)c(S(=O)(=O)N2CCN([C@@H](C)C(N)=O)CC2)c(C)c1. The van der Waals surface area contributed by atoms with E-state index in [9.17, 15) is 13.2 Å². The molecule has 1 saturated heterocycles. The highest BCUT2D eigenvalue weighted by Crippen LogP contribution is 2.26. The molecule has 23 heavy (non-hydrogen) atoms. The highest BCUT2D eigenvalue weighted by atomic mass is 32.2. The van der Waals surface area contributed by atoms with Crippen molar-refractivity contribution < 1.29 is 13.2 Å². The van der Waals surface area contributed by atoms with Gasteiger partial charge in [0.15, 0.2) is 0 Å². The first-order chi connectivity index (χ1) is 10.6. The predicted octanol–water partition coefficient (Wildman–Crippen LogP) is 0.792. The number of sulfonamides is 1. The van der Waals surface area contributed by atoms with Gasteiger partial charge in [-0.05, 0) is 38.8 Å². The number of carbonyl (C=O) groups excluding carboxylic acids is 1. The summed E-state index contributed by atoms with van der Waals surface area (Å²) in [4.78, 5) is 13.6. The summed E-state index contributed by atoms with van der Waals surface area (Å²) in [5.41, 5.74) is 7.92. The zero-order chi connectivity index (χ0) is 17.4. The molecular formula is C16H25N3O3S. The monoisotopic (exact) mass is 339 g/mol. The summed E-state index contributed by atoms with van der Waals surface area (Å²) in [7, 11) is -3.52. The summed E-state index contributed by atoms with van der Waals surface area (Å²) in [6.45, 7) is 9.12. The predicted molar refractivity (Wildman–Crippen MR) is 89.6 cm³/mol. The van der Waals surface area contributed by atoms with Gasteiger partial charge in [-0.25, -0.2) is 8.42 Å². The lowest BCUT2D eigenvalue weighted by Gasteiger charge is -2.36. The van der Waals surface area contributed by atoms with E-state index < -0.39 is 10.0 Å². The van der Waals surface area contributed by atoms with E-state index in [2.05, 4.69) is 0 Å². The molecule has 7 heteroatoms. The van der Waals surface area contributed by atoms with Gasteiger partial charge in [-0.3, -0.25) is 9.69 Å². The van der Waals surface area contributed by atoms with Crippen LogP contribution in [0.5, 0.6) is 0 Å². The van der Waals surface area contributed by atoms with Crippen LogP contribution in [-0.4, -0.2) is 55.8 Å². The standard InChI is InChI=1S/C16H25N3O3S/c1-11-9-12(2)15(13(3)10-11)23(21,22)19-7-5-18(6-8-19)14(4)16(17)20/h9-10,14H,5-8H2,1-4H3,(H2,17,20)/t14-/m0/s1. The molecule has 128 valence electrons. The molecule has 6 nitrogen and oxygen atoms in total. The molecule has 0 saturated carbocycles. The molecule has 1 aliphatic rings. The topological polar surface area (TPSA) is 83.7 Å². The second-order valence-corrected chi connectivity index (χ2v) is 8.12. The fraction of sp³-hybridized carbons (Fsp3) is 0.562. The van der Waals surface area contributed by atoms with E-state index in [4.69, 9.17) is 5.73 Å². The molecule has 0 radical (unpaired) electrons. The van der Waals surface area contributed by atoms with Crippen LogP contribution in [0, 0.1) is 20.8 Å². The van der Waals surface area contributed by atoms with Crippen LogP contribution in [0.3, 0.4) is 0 Å². The van der Waals surface area contributed by atoms with Gasteiger partial charge in [0.1, 0.15) is 0 Å². The molecule has 2 N–H and O–H groups in total. The number of carbonyl (C=O) groups is 1. The molecule has 2 rings (SSSR count). The van der Waals surface area contributed by atoms with E-state index in [1.54, 1.807) is 6.92 Å². The summed E-state index contributed by atoms with van der Waals surface area (Å²) < 4.78 is 27.4. The Morgan fingerprint density at radius 1 is 1.09 bits per heavy atom. The van der Waals surface area contributed by atoms with Gasteiger partial charge in [-0.2, -0.15) is 4.31 Å². The van der Waals surface area contributed by atoms with E-state index in [-0.39, 0.29) is 11.9 Å². The summed E-state index contributed by atoms with van der Waals surface area (Å²) >= 11 is 0. The van der Waals surface area contributed by atoms with Crippen LogP contribution in [0.15, 0.2) is 17.0 Å². The van der Waals surface area contributed by atoms with Gasteiger partial charge in [-0.15, -0.1) is 0 Å². The van der Waals surface area contributed by atoms with Crippen molar-refractivity contribution in [2.75, 3.05) is 26.2 Å². The first-order valence-corrected chi connectivity index (χ1v) is 9.20. The average molecular weight is 339 g/mol. The normalized spacial score (nSPS) is 18.8. The molecule has 1 amide bonds. The van der Waals surface area contributed by atoms with Gasteiger partial charge >= 0.3 is 0 Å². The molecule has 0 aromatic heterocycles. The molecule has 1 atom stereocenters. The Morgan fingerprint density at radius 2 is 1.57 bits per heavy atom. The van der Waals surface area contributed by atoms with Crippen LogP contribution >= 0.6 is 0 Å². The molecule has 1 fully saturated rings. The molecule has 1 aromatic carbocycles. The van der Waals surface area contributed by atoms with E-state index in [0.717, 1.165) is 16.7 Å². The first-order valence-electron chi connectivity index (χ1n) is 7.76. The number of rotatable bonds is 4. The molecule has 0 bridgehead atoms. The van der Waals surface area contributed by atoms with Crippen LogP contribution in [0.2, 0.25) is 0 Å². The Balaban J connectivity index is 2.22. The maximum absolute atomic E-state index is 13.0. The minimum atomic E-state index is -3.52. The van der Waals surface area contributed by atoms with E-state index in [1.165, 1.54) is 4.31 Å². The first kappa shape index (κ1) is 17.9. The van der Waals surface area contributed by atoms with Crippen LogP contribution < -0.4 is 5.73 Å². The van der Waals surface area contributed by atoms with Gasteiger partial charge in [0.2, 0.25) is 15.9 Å². The Kier molecular flexibility index (Phi) is 5.13. The smallest absolute Gasteiger partial charge is 0.243 e. The molecule has 0 spiro atoms. The van der Waals surface area contributed by atoms with Crippen molar-refractivity contribution in [2.24, 2.45) is 5.73 Å². The quantitative estimate of drug-likeness (QED) is 0.879. The zero-order valence-corrected chi connectivity index (χ0v) is 15.0. The van der Waals surface area contributed by atoms with Crippen molar-refractivity contribution in [2.45, 2.75) is 38.6 Å². The molecule has 0 unspecified atom stereocenters. The molecule has 1 aliphatic heterocycles. The lowest BCUT2D eigenvalue weighted by molar-refractivity contribution is -0.123. The van der Waals surface area contributed by atoms with E-state index >= 15 is 0 Å². The van der Waals surface area contributed by atoms with E-state index in [0.29, 0.717) is 31.1 Å². The zero-order valence-electron chi connectivity index (χ0n) is 14.2. The van der Waals surface area contributed by atoms with Gasteiger partial charge in [-0.1, -0.05) is 17.7 Å².